The average molecular weight is 197 g/mol. The van der Waals surface area contributed by atoms with Crippen LogP contribution in [0.5, 0.6) is 0 Å². The molecule has 0 heterocycles. The Morgan fingerprint density at radius 1 is 0.846 bits per heavy atom. The molecule has 0 nitrogen and oxygen atoms in total. The van der Waals surface area contributed by atoms with Gasteiger partial charge < -0.3 is 0 Å². The summed E-state index contributed by atoms with van der Waals surface area (Å²) in [6.45, 7) is 7.29. The van der Waals surface area contributed by atoms with Gasteiger partial charge in [-0.1, -0.05) is 20.8 Å². The van der Waals surface area contributed by atoms with Crippen molar-refractivity contribution in [1.82, 2.24) is 0 Å². The van der Waals surface area contributed by atoms with Gasteiger partial charge in [0, 0.05) is 5.54 Å². The third-order valence-corrected chi connectivity index (χ3v) is 10.3. The Morgan fingerprint density at radius 3 is 1.69 bits per heavy atom. The van der Waals surface area contributed by atoms with E-state index in [0.717, 1.165) is 0 Å². The molecular weight excluding hydrogens is 172 g/mol. The Bertz CT molecular complexity index is 124. The molecule has 76 valence electrons. The molecule has 0 aromatic rings. The Labute approximate surface area is 85.1 Å². The summed E-state index contributed by atoms with van der Waals surface area (Å²) < 4.78 is 0. The predicted octanol–water partition coefficient (Wildman–Crippen LogP) is 4.57. The van der Waals surface area contributed by atoms with Crippen molar-refractivity contribution in [3.05, 3.63) is 5.54 Å². The second kappa shape index (κ2) is 5.09. The van der Waals surface area contributed by atoms with Crippen molar-refractivity contribution >= 4 is 8.07 Å². The second-order valence-electron chi connectivity index (χ2n) is 4.51. The van der Waals surface area contributed by atoms with Crippen molar-refractivity contribution in [1.29, 1.82) is 0 Å². The average Bonchev–Trinajstić information content (AvgIpc) is 2.23. The third-order valence-electron chi connectivity index (χ3n) is 4.24. The molecule has 0 saturated heterocycles. The molecule has 0 atom stereocenters. The van der Waals surface area contributed by atoms with E-state index >= 15 is 0 Å². The van der Waals surface area contributed by atoms with Crippen molar-refractivity contribution in [2.75, 3.05) is 0 Å². The van der Waals surface area contributed by atoms with E-state index in [1.54, 1.807) is 0 Å². The maximum absolute atomic E-state index is 2.43. The molecule has 1 aliphatic rings. The van der Waals surface area contributed by atoms with Crippen LogP contribution in [0.25, 0.3) is 0 Å². The van der Waals surface area contributed by atoms with Gasteiger partial charge in [0.2, 0.25) is 0 Å². The van der Waals surface area contributed by atoms with E-state index in [9.17, 15) is 0 Å². The topological polar surface area (TPSA) is 0 Å². The lowest BCUT2D eigenvalue weighted by atomic mass is 10.0. The quantitative estimate of drug-likeness (QED) is 0.457. The summed E-state index contributed by atoms with van der Waals surface area (Å²) in [5, 5.41) is 0. The standard InChI is InChI=1S/C12H25Si/c1-4-13(5-2,6-3)12-10-8-7-9-11-12/h4-11H2,1-3H3/q+1. The smallest absolute Gasteiger partial charge is 0.0638 e. The zero-order valence-corrected chi connectivity index (χ0v) is 10.7. The van der Waals surface area contributed by atoms with E-state index < -0.39 is 8.07 Å². The van der Waals surface area contributed by atoms with Crippen LogP contribution < -0.4 is 0 Å². The summed E-state index contributed by atoms with van der Waals surface area (Å²) in [5.41, 5.74) is 2.03. The highest BCUT2D eigenvalue weighted by Gasteiger charge is 2.47. The third kappa shape index (κ3) is 2.31. The highest BCUT2D eigenvalue weighted by atomic mass is 28.3. The van der Waals surface area contributed by atoms with Gasteiger partial charge in [-0.05, 0) is 37.4 Å². The van der Waals surface area contributed by atoms with Crippen LogP contribution in [0.3, 0.4) is 0 Å². The van der Waals surface area contributed by atoms with Gasteiger partial charge in [0.1, 0.15) is 0 Å². The van der Waals surface area contributed by atoms with E-state index in [-0.39, 0.29) is 0 Å². The zero-order valence-electron chi connectivity index (χ0n) is 9.66. The lowest BCUT2D eigenvalue weighted by Crippen LogP contribution is -2.40. The van der Waals surface area contributed by atoms with Gasteiger partial charge in [0.05, 0.1) is 12.8 Å². The fourth-order valence-corrected chi connectivity index (χ4v) is 7.42. The molecule has 0 unspecified atom stereocenters. The zero-order chi connectivity index (χ0) is 9.73. The van der Waals surface area contributed by atoms with Crippen molar-refractivity contribution in [2.24, 2.45) is 0 Å². The van der Waals surface area contributed by atoms with Crippen LogP contribution in [0.2, 0.25) is 18.1 Å². The van der Waals surface area contributed by atoms with Crippen LogP contribution in [-0.2, 0) is 0 Å². The Balaban J connectivity index is 2.60. The first kappa shape index (κ1) is 11.2. The van der Waals surface area contributed by atoms with Crippen molar-refractivity contribution < 1.29 is 0 Å². The molecule has 0 radical (unpaired) electrons. The summed E-state index contributed by atoms with van der Waals surface area (Å²) in [5.74, 6) is 0. The second-order valence-corrected chi connectivity index (χ2v) is 9.89. The summed E-state index contributed by atoms with van der Waals surface area (Å²) in [7, 11) is -0.900. The maximum atomic E-state index is 2.43. The molecule has 0 bridgehead atoms. The highest BCUT2D eigenvalue weighted by molar-refractivity contribution is 6.84. The van der Waals surface area contributed by atoms with Gasteiger partial charge in [0.15, 0.2) is 0 Å². The normalized spacial score (nSPS) is 19.2. The summed E-state index contributed by atoms with van der Waals surface area (Å²) in [4.78, 5) is 0. The molecule has 0 aromatic carbocycles. The molecule has 1 saturated carbocycles. The monoisotopic (exact) mass is 197 g/mol. The molecule has 1 rings (SSSR count). The lowest BCUT2D eigenvalue weighted by Gasteiger charge is -2.28. The van der Waals surface area contributed by atoms with Crippen LogP contribution in [0.4, 0.5) is 0 Å². The first-order chi connectivity index (χ1) is 6.29. The molecule has 1 fully saturated rings. The minimum Gasteiger partial charge on any atom is -0.0638 e. The molecular formula is C12H25Si+. The van der Waals surface area contributed by atoms with Gasteiger partial charge in [-0.3, -0.25) is 0 Å². The van der Waals surface area contributed by atoms with Crippen molar-refractivity contribution in [3.63, 3.8) is 0 Å². The van der Waals surface area contributed by atoms with Gasteiger partial charge in [0.25, 0.3) is 8.07 Å². The van der Waals surface area contributed by atoms with Gasteiger partial charge in [-0.2, -0.15) is 0 Å². The fourth-order valence-electron chi connectivity index (χ4n) is 3.01. The molecule has 0 spiro atoms. The number of rotatable bonds is 4. The molecule has 13 heavy (non-hydrogen) atoms. The van der Waals surface area contributed by atoms with Gasteiger partial charge in [-0.15, -0.1) is 0 Å². The first-order valence-electron chi connectivity index (χ1n) is 6.14. The molecule has 1 heteroatoms. The minimum absolute atomic E-state index is 0.900. The van der Waals surface area contributed by atoms with Crippen molar-refractivity contribution in [3.8, 4) is 0 Å². The fraction of sp³-hybridized carbons (Fsp3) is 0.917. The number of hydrogen-bond acceptors (Lipinski definition) is 0. The van der Waals surface area contributed by atoms with Crippen LogP contribution in [-0.4, -0.2) is 8.07 Å². The largest absolute Gasteiger partial charge is 0.269 e. The minimum atomic E-state index is -0.900. The molecule has 0 aromatic heterocycles. The Kier molecular flexibility index (Phi) is 4.37. The van der Waals surface area contributed by atoms with E-state index in [2.05, 4.69) is 20.8 Å². The van der Waals surface area contributed by atoms with Crippen LogP contribution >= 0.6 is 0 Å². The maximum Gasteiger partial charge on any atom is 0.269 e. The summed E-state index contributed by atoms with van der Waals surface area (Å²) in [6, 6.07) is 4.49. The van der Waals surface area contributed by atoms with Crippen LogP contribution in [0.1, 0.15) is 52.9 Å². The number of hydrogen-bond donors (Lipinski definition) is 0. The predicted molar refractivity (Wildman–Crippen MR) is 63.5 cm³/mol. The SMILES string of the molecule is CC[Si](CC)(CC)[C+]1CCCCC1. The van der Waals surface area contributed by atoms with E-state index in [1.165, 1.54) is 50.2 Å². The van der Waals surface area contributed by atoms with E-state index in [1.807, 2.05) is 5.54 Å². The first-order valence-corrected chi connectivity index (χ1v) is 8.76. The molecule has 1 aliphatic carbocycles. The van der Waals surface area contributed by atoms with E-state index in [0.29, 0.717) is 0 Å². The highest BCUT2D eigenvalue weighted by Crippen LogP contribution is 2.39. The molecule has 0 aliphatic heterocycles. The molecule has 0 amide bonds. The van der Waals surface area contributed by atoms with E-state index in [4.69, 9.17) is 0 Å². The summed E-state index contributed by atoms with van der Waals surface area (Å²) >= 11 is 0. The Hall–Kier alpha value is 0.0869. The summed E-state index contributed by atoms with van der Waals surface area (Å²) in [6.07, 6.45) is 7.45. The van der Waals surface area contributed by atoms with Gasteiger partial charge in [-0.25, -0.2) is 0 Å². The molecule has 0 N–H and O–H groups in total. The lowest BCUT2D eigenvalue weighted by molar-refractivity contribution is 0.564. The van der Waals surface area contributed by atoms with Crippen LogP contribution in [0.15, 0.2) is 0 Å². The van der Waals surface area contributed by atoms with Crippen LogP contribution in [0, 0.1) is 5.54 Å². The van der Waals surface area contributed by atoms with Crippen molar-refractivity contribution in [2.45, 2.75) is 71.0 Å². The van der Waals surface area contributed by atoms with Gasteiger partial charge >= 0.3 is 0 Å². The Morgan fingerprint density at radius 2 is 1.31 bits per heavy atom.